The molecule has 0 fully saturated rings. The molecule has 7 heteroatoms. The molecule has 0 spiro atoms. The van der Waals surface area contributed by atoms with Crippen molar-refractivity contribution in [1.82, 2.24) is 5.32 Å². The van der Waals surface area contributed by atoms with E-state index in [0.717, 1.165) is 5.56 Å². The van der Waals surface area contributed by atoms with Crippen molar-refractivity contribution in [2.75, 3.05) is 11.4 Å². The van der Waals surface area contributed by atoms with Crippen molar-refractivity contribution in [2.45, 2.75) is 25.5 Å². The van der Waals surface area contributed by atoms with Crippen molar-refractivity contribution >= 4 is 23.5 Å². The minimum Gasteiger partial charge on any atom is -0.480 e. The van der Waals surface area contributed by atoms with Crippen LogP contribution in [0.2, 0.25) is 0 Å². The van der Waals surface area contributed by atoms with Crippen molar-refractivity contribution in [1.29, 1.82) is 0 Å². The number of hydrogen-bond acceptors (Lipinski definition) is 4. The van der Waals surface area contributed by atoms with Crippen LogP contribution in [-0.2, 0) is 20.8 Å². The maximum atomic E-state index is 12.5. The van der Waals surface area contributed by atoms with Crippen molar-refractivity contribution in [2.24, 2.45) is 0 Å². The summed E-state index contributed by atoms with van der Waals surface area (Å²) in [5, 5.41) is 11.9. The number of fused-ring (bicyclic) bond motifs is 1. The summed E-state index contributed by atoms with van der Waals surface area (Å²) in [6.45, 7) is 1.33. The van der Waals surface area contributed by atoms with Gasteiger partial charge in [-0.15, -0.1) is 0 Å². The molecular formula is C20H20N2O5. The van der Waals surface area contributed by atoms with Crippen molar-refractivity contribution in [3.8, 4) is 5.75 Å². The van der Waals surface area contributed by atoms with Gasteiger partial charge in [0.1, 0.15) is 18.3 Å². The Labute approximate surface area is 156 Å². The Morgan fingerprint density at radius 1 is 1.15 bits per heavy atom. The predicted octanol–water partition coefficient (Wildman–Crippen LogP) is 1.61. The van der Waals surface area contributed by atoms with E-state index in [4.69, 9.17) is 4.74 Å². The number of para-hydroxylation sites is 2. The number of hydrogen-bond donors (Lipinski definition) is 2. The van der Waals surface area contributed by atoms with E-state index in [1.54, 1.807) is 55.5 Å². The van der Waals surface area contributed by atoms with Gasteiger partial charge in [0, 0.05) is 6.42 Å². The molecule has 140 valence electrons. The molecule has 1 aliphatic heterocycles. The highest BCUT2D eigenvalue weighted by atomic mass is 16.5. The fourth-order valence-electron chi connectivity index (χ4n) is 2.96. The van der Waals surface area contributed by atoms with Gasteiger partial charge in [0.05, 0.1) is 5.69 Å². The van der Waals surface area contributed by atoms with E-state index < -0.39 is 24.0 Å². The minimum absolute atomic E-state index is 0.159. The highest BCUT2D eigenvalue weighted by Crippen LogP contribution is 2.33. The van der Waals surface area contributed by atoms with Gasteiger partial charge in [-0.05, 0) is 24.6 Å². The van der Waals surface area contributed by atoms with Crippen molar-refractivity contribution in [3.05, 3.63) is 60.2 Å². The Bertz CT molecular complexity index is 852. The summed E-state index contributed by atoms with van der Waals surface area (Å²) in [4.78, 5) is 37.8. The number of benzene rings is 2. The summed E-state index contributed by atoms with van der Waals surface area (Å²) >= 11 is 0. The van der Waals surface area contributed by atoms with E-state index in [-0.39, 0.29) is 18.9 Å². The molecule has 0 aliphatic carbocycles. The van der Waals surface area contributed by atoms with Gasteiger partial charge >= 0.3 is 5.97 Å². The molecule has 0 radical (unpaired) electrons. The van der Waals surface area contributed by atoms with Gasteiger partial charge in [-0.1, -0.05) is 42.5 Å². The molecular weight excluding hydrogens is 348 g/mol. The zero-order valence-corrected chi connectivity index (χ0v) is 14.8. The van der Waals surface area contributed by atoms with Gasteiger partial charge in [0.25, 0.3) is 5.91 Å². The maximum absolute atomic E-state index is 12.5. The van der Waals surface area contributed by atoms with Crippen LogP contribution in [0.1, 0.15) is 12.5 Å². The molecule has 3 rings (SSSR count). The van der Waals surface area contributed by atoms with Gasteiger partial charge in [-0.25, -0.2) is 4.79 Å². The van der Waals surface area contributed by atoms with Crippen LogP contribution in [0, 0.1) is 0 Å². The van der Waals surface area contributed by atoms with E-state index in [2.05, 4.69) is 5.32 Å². The third kappa shape index (κ3) is 4.25. The first-order valence-corrected chi connectivity index (χ1v) is 8.59. The molecule has 1 aliphatic rings. The lowest BCUT2D eigenvalue weighted by molar-refractivity contribution is -0.141. The molecule has 0 bridgehead atoms. The second-order valence-electron chi connectivity index (χ2n) is 6.30. The molecule has 2 amide bonds. The summed E-state index contributed by atoms with van der Waals surface area (Å²) in [6.07, 6.45) is -0.557. The van der Waals surface area contributed by atoms with Crippen LogP contribution in [0.3, 0.4) is 0 Å². The average molecular weight is 368 g/mol. The Hall–Kier alpha value is -3.35. The fraction of sp³-hybridized carbons (Fsp3) is 0.250. The first kappa shape index (κ1) is 18.4. The van der Waals surface area contributed by atoms with Crippen LogP contribution in [0.25, 0.3) is 0 Å². The Kier molecular flexibility index (Phi) is 5.40. The number of nitrogens with zero attached hydrogens (tertiary/aromatic N) is 1. The SMILES string of the molecule is CC1Oc2ccccc2N(CC(=O)NC(Cc2ccccc2)C(=O)O)C1=O. The van der Waals surface area contributed by atoms with Gasteiger partial charge in [0.15, 0.2) is 6.10 Å². The first-order valence-electron chi connectivity index (χ1n) is 8.59. The molecule has 0 saturated carbocycles. The normalized spacial score (nSPS) is 16.9. The van der Waals surface area contributed by atoms with Crippen molar-refractivity contribution < 1.29 is 24.2 Å². The second kappa shape index (κ2) is 7.90. The van der Waals surface area contributed by atoms with E-state index in [1.807, 2.05) is 6.07 Å². The van der Waals surface area contributed by atoms with Crippen LogP contribution < -0.4 is 15.0 Å². The molecule has 1 heterocycles. The lowest BCUT2D eigenvalue weighted by Gasteiger charge is -2.32. The van der Waals surface area contributed by atoms with E-state index in [1.165, 1.54) is 4.90 Å². The largest absolute Gasteiger partial charge is 0.480 e. The van der Waals surface area contributed by atoms with Gasteiger partial charge in [0.2, 0.25) is 5.91 Å². The van der Waals surface area contributed by atoms with Crippen LogP contribution in [-0.4, -0.2) is 41.6 Å². The standard InChI is InChI=1S/C20H20N2O5/c1-13-19(24)22(16-9-5-6-10-17(16)27-13)12-18(23)21-15(20(25)26)11-14-7-3-2-4-8-14/h2-10,13,15H,11-12H2,1H3,(H,21,23)(H,25,26). The summed E-state index contributed by atoms with van der Waals surface area (Å²) < 4.78 is 5.54. The van der Waals surface area contributed by atoms with Crippen LogP contribution in [0.5, 0.6) is 5.75 Å². The van der Waals surface area contributed by atoms with E-state index in [9.17, 15) is 19.5 Å². The number of anilines is 1. The molecule has 2 atom stereocenters. The highest BCUT2D eigenvalue weighted by Gasteiger charge is 2.33. The minimum atomic E-state index is -1.13. The second-order valence-corrected chi connectivity index (χ2v) is 6.30. The lowest BCUT2D eigenvalue weighted by Crippen LogP contribution is -2.51. The molecule has 2 aromatic carbocycles. The van der Waals surface area contributed by atoms with E-state index in [0.29, 0.717) is 11.4 Å². The summed E-state index contributed by atoms with van der Waals surface area (Å²) in [6, 6.07) is 14.9. The Morgan fingerprint density at radius 2 is 1.81 bits per heavy atom. The van der Waals surface area contributed by atoms with Crippen LogP contribution in [0.15, 0.2) is 54.6 Å². The molecule has 2 unspecified atom stereocenters. The monoisotopic (exact) mass is 368 g/mol. The average Bonchev–Trinajstić information content (AvgIpc) is 2.65. The smallest absolute Gasteiger partial charge is 0.326 e. The Morgan fingerprint density at radius 3 is 2.52 bits per heavy atom. The first-order chi connectivity index (χ1) is 13.0. The van der Waals surface area contributed by atoms with Crippen molar-refractivity contribution in [3.63, 3.8) is 0 Å². The zero-order valence-electron chi connectivity index (χ0n) is 14.8. The topological polar surface area (TPSA) is 95.9 Å². The van der Waals surface area contributed by atoms with Crippen LogP contribution in [0.4, 0.5) is 5.69 Å². The van der Waals surface area contributed by atoms with E-state index >= 15 is 0 Å². The number of carboxylic acids is 1. The number of aliphatic carboxylic acids is 1. The van der Waals surface area contributed by atoms with Crippen LogP contribution >= 0.6 is 0 Å². The molecule has 0 aromatic heterocycles. The number of carbonyl (C=O) groups excluding carboxylic acids is 2. The molecule has 27 heavy (non-hydrogen) atoms. The summed E-state index contributed by atoms with van der Waals surface area (Å²) in [5.74, 6) is -1.51. The number of amides is 2. The lowest BCUT2D eigenvalue weighted by atomic mass is 10.1. The summed E-state index contributed by atoms with van der Waals surface area (Å²) in [5.41, 5.74) is 1.29. The third-order valence-corrected chi connectivity index (χ3v) is 4.29. The van der Waals surface area contributed by atoms with Gasteiger partial charge < -0.3 is 15.2 Å². The number of carbonyl (C=O) groups is 3. The van der Waals surface area contributed by atoms with Gasteiger partial charge in [-0.3, -0.25) is 14.5 Å². The van der Waals surface area contributed by atoms with Gasteiger partial charge in [-0.2, -0.15) is 0 Å². The quantitative estimate of drug-likeness (QED) is 0.808. The molecule has 2 N–H and O–H groups in total. The Balaban J connectivity index is 1.72. The predicted molar refractivity (Wildman–Crippen MR) is 98.6 cm³/mol. The number of rotatable bonds is 6. The molecule has 2 aromatic rings. The highest BCUT2D eigenvalue weighted by molar-refractivity contribution is 6.04. The third-order valence-electron chi connectivity index (χ3n) is 4.29. The summed E-state index contributed by atoms with van der Waals surface area (Å²) in [7, 11) is 0. The molecule has 0 saturated heterocycles. The maximum Gasteiger partial charge on any atom is 0.326 e. The number of ether oxygens (including phenoxy) is 1. The zero-order chi connectivity index (χ0) is 19.4. The number of nitrogens with one attached hydrogen (secondary N) is 1. The fourth-order valence-corrected chi connectivity index (χ4v) is 2.96. The molecule has 7 nitrogen and oxygen atoms in total. The number of carboxylic acid groups (broad SMARTS) is 1.